The van der Waals surface area contributed by atoms with Crippen LogP contribution in [0.1, 0.15) is 23.5 Å². The maximum atomic E-state index is 11.9. The number of carbonyl (C=O) groups excluding carboxylic acids is 1. The van der Waals surface area contributed by atoms with Gasteiger partial charge in [0.05, 0.1) is 11.6 Å². The van der Waals surface area contributed by atoms with Crippen molar-refractivity contribution in [3.63, 3.8) is 0 Å². The lowest BCUT2D eigenvalue weighted by atomic mass is 9.95. The van der Waals surface area contributed by atoms with Gasteiger partial charge in [0, 0.05) is 11.2 Å². The molecule has 1 spiro atoms. The number of benzene rings is 1. The number of nitriles is 1. The summed E-state index contributed by atoms with van der Waals surface area (Å²) in [6, 6.07) is 9.73. The van der Waals surface area contributed by atoms with Gasteiger partial charge in [0.2, 0.25) is 0 Å². The molecule has 2 aliphatic rings. The molecule has 1 heterocycles. The van der Waals surface area contributed by atoms with Gasteiger partial charge in [-0.2, -0.15) is 5.26 Å². The highest BCUT2D eigenvalue weighted by molar-refractivity contribution is 8.02. The van der Waals surface area contributed by atoms with Crippen LogP contribution < -0.4 is 0 Å². The minimum atomic E-state index is -0.145. The molecule has 0 bridgehead atoms. The van der Waals surface area contributed by atoms with Crippen molar-refractivity contribution in [3.8, 4) is 6.07 Å². The predicted octanol–water partition coefficient (Wildman–Crippen LogP) is 2.86. The van der Waals surface area contributed by atoms with Crippen LogP contribution in [0.2, 0.25) is 0 Å². The van der Waals surface area contributed by atoms with Gasteiger partial charge in [-0.15, -0.1) is 11.8 Å². The summed E-state index contributed by atoms with van der Waals surface area (Å²) in [5.74, 6) is 1.51. The maximum absolute atomic E-state index is 11.9. The Labute approximate surface area is 104 Å². The molecule has 3 heteroatoms. The first-order valence-corrected chi connectivity index (χ1v) is 6.64. The molecule has 1 aliphatic heterocycles. The molecule has 1 aromatic carbocycles. The Morgan fingerprint density at radius 1 is 1.35 bits per heavy atom. The first kappa shape index (κ1) is 10.6. The normalized spacial score (nSPS) is 30.3. The van der Waals surface area contributed by atoms with E-state index in [2.05, 4.69) is 6.07 Å². The molecule has 0 radical (unpaired) electrons. The van der Waals surface area contributed by atoms with Gasteiger partial charge in [0.25, 0.3) is 0 Å². The third-order valence-corrected chi connectivity index (χ3v) is 4.68. The number of hydrogen-bond acceptors (Lipinski definition) is 3. The first-order valence-electron chi connectivity index (χ1n) is 5.59. The molecule has 0 amide bonds. The Balaban J connectivity index is 1.86. The molecule has 1 aromatic rings. The van der Waals surface area contributed by atoms with Crippen LogP contribution >= 0.6 is 11.8 Å². The summed E-state index contributed by atoms with van der Waals surface area (Å²) in [7, 11) is 0. The quantitative estimate of drug-likeness (QED) is 0.759. The third-order valence-electron chi connectivity index (χ3n) is 3.66. The average Bonchev–Trinajstić information content (AvgIpc) is 3.09. The topological polar surface area (TPSA) is 40.9 Å². The third kappa shape index (κ3) is 1.60. The Kier molecular flexibility index (Phi) is 2.34. The van der Waals surface area contributed by atoms with Gasteiger partial charge in [-0.05, 0) is 41.5 Å². The van der Waals surface area contributed by atoms with E-state index in [0.717, 1.165) is 12.2 Å². The Bertz CT molecular complexity index is 540. The second-order valence-electron chi connectivity index (χ2n) is 4.62. The van der Waals surface area contributed by atoms with Crippen molar-refractivity contribution in [1.82, 2.24) is 0 Å². The molecule has 0 saturated heterocycles. The molecule has 3 rings (SSSR count). The molecule has 0 unspecified atom stereocenters. The number of thioether (sulfide) groups is 1. The maximum Gasteiger partial charge on any atom is 0.163 e. The number of ketones is 1. The van der Waals surface area contributed by atoms with E-state index in [0.29, 0.717) is 11.5 Å². The van der Waals surface area contributed by atoms with Gasteiger partial charge in [-0.3, -0.25) is 4.79 Å². The van der Waals surface area contributed by atoms with Crippen LogP contribution in [0.3, 0.4) is 0 Å². The van der Waals surface area contributed by atoms with E-state index in [4.69, 9.17) is 5.26 Å². The van der Waals surface area contributed by atoms with Gasteiger partial charge < -0.3 is 0 Å². The highest BCUT2D eigenvalue weighted by Crippen LogP contribution is 2.62. The van der Waals surface area contributed by atoms with E-state index in [-0.39, 0.29) is 11.2 Å². The van der Waals surface area contributed by atoms with E-state index < -0.39 is 0 Å². The summed E-state index contributed by atoms with van der Waals surface area (Å²) in [4.78, 5) is 11.9. The second-order valence-corrected chi connectivity index (χ2v) is 5.52. The van der Waals surface area contributed by atoms with Crippen molar-refractivity contribution in [3.05, 3.63) is 46.9 Å². The van der Waals surface area contributed by atoms with Crippen LogP contribution in [0.4, 0.5) is 0 Å². The lowest BCUT2D eigenvalue weighted by Crippen LogP contribution is -2.20. The minimum absolute atomic E-state index is 0.145. The number of hydrogen-bond donors (Lipinski definition) is 0. The van der Waals surface area contributed by atoms with Gasteiger partial charge in [-0.25, -0.2) is 0 Å². The molecule has 17 heavy (non-hydrogen) atoms. The highest BCUT2D eigenvalue weighted by Gasteiger charge is 2.59. The van der Waals surface area contributed by atoms with Gasteiger partial charge in [0.15, 0.2) is 5.78 Å². The Hall–Kier alpha value is -1.53. The minimum Gasteiger partial charge on any atom is -0.294 e. The summed E-state index contributed by atoms with van der Waals surface area (Å²) in [6.45, 7) is 0. The number of rotatable bonds is 1. The summed E-state index contributed by atoms with van der Waals surface area (Å²) in [5.41, 5.74) is 1.72. The van der Waals surface area contributed by atoms with Crippen LogP contribution in [-0.2, 0) is 4.79 Å². The van der Waals surface area contributed by atoms with Crippen molar-refractivity contribution >= 4 is 17.5 Å². The van der Waals surface area contributed by atoms with Crippen LogP contribution in [0.15, 0.2) is 35.7 Å². The lowest BCUT2D eigenvalue weighted by molar-refractivity contribution is -0.118. The van der Waals surface area contributed by atoms with Crippen molar-refractivity contribution in [2.75, 3.05) is 5.75 Å². The Morgan fingerprint density at radius 2 is 2.12 bits per heavy atom. The van der Waals surface area contributed by atoms with Crippen molar-refractivity contribution in [1.29, 1.82) is 5.26 Å². The number of carbonyl (C=O) groups is 1. The molecule has 2 atom stereocenters. The number of nitrogens with zero attached hydrogens (tertiary/aromatic N) is 1. The molecule has 84 valence electrons. The molecule has 1 fully saturated rings. The molecule has 0 N–H and O–H groups in total. The average molecular weight is 241 g/mol. The fourth-order valence-electron chi connectivity index (χ4n) is 2.51. The zero-order valence-corrected chi connectivity index (χ0v) is 10.0. The van der Waals surface area contributed by atoms with Crippen molar-refractivity contribution in [2.24, 2.45) is 5.41 Å². The fourth-order valence-corrected chi connectivity index (χ4v) is 3.58. The van der Waals surface area contributed by atoms with E-state index in [1.54, 1.807) is 17.8 Å². The van der Waals surface area contributed by atoms with Gasteiger partial charge in [-0.1, -0.05) is 12.1 Å². The highest BCUT2D eigenvalue weighted by atomic mass is 32.2. The molecule has 1 aliphatic carbocycles. The monoisotopic (exact) mass is 241 g/mol. The van der Waals surface area contributed by atoms with Gasteiger partial charge >= 0.3 is 0 Å². The van der Waals surface area contributed by atoms with E-state index in [1.807, 2.05) is 29.7 Å². The van der Waals surface area contributed by atoms with Crippen LogP contribution in [-0.4, -0.2) is 11.5 Å². The smallest absolute Gasteiger partial charge is 0.163 e. The van der Waals surface area contributed by atoms with Crippen LogP contribution in [0, 0.1) is 16.7 Å². The van der Waals surface area contributed by atoms with Crippen LogP contribution in [0.25, 0.3) is 0 Å². The van der Waals surface area contributed by atoms with Crippen molar-refractivity contribution in [2.45, 2.75) is 12.3 Å². The summed E-state index contributed by atoms with van der Waals surface area (Å²) in [5, 5.41) is 10.6. The molecular weight excluding hydrogens is 230 g/mol. The SMILES string of the molecule is N#Cc1ccc([C@@H]2C[C@@]23CSC=CC3=O)cc1. The van der Waals surface area contributed by atoms with Crippen molar-refractivity contribution < 1.29 is 4.79 Å². The van der Waals surface area contributed by atoms with E-state index in [1.165, 1.54) is 5.56 Å². The summed E-state index contributed by atoms with van der Waals surface area (Å²) >= 11 is 1.72. The molecular formula is C14H11NOS. The van der Waals surface area contributed by atoms with E-state index >= 15 is 0 Å². The molecule has 1 saturated carbocycles. The van der Waals surface area contributed by atoms with Crippen LogP contribution in [0.5, 0.6) is 0 Å². The van der Waals surface area contributed by atoms with E-state index in [9.17, 15) is 4.79 Å². The first-order chi connectivity index (χ1) is 8.26. The fraction of sp³-hybridized carbons (Fsp3) is 0.286. The lowest BCUT2D eigenvalue weighted by Gasteiger charge is -2.16. The zero-order chi connectivity index (χ0) is 11.9. The second kappa shape index (κ2) is 3.75. The predicted molar refractivity (Wildman–Crippen MR) is 67.6 cm³/mol. The molecule has 0 aromatic heterocycles. The number of allylic oxidation sites excluding steroid dienone is 1. The van der Waals surface area contributed by atoms with Gasteiger partial charge in [0.1, 0.15) is 0 Å². The zero-order valence-electron chi connectivity index (χ0n) is 9.22. The Morgan fingerprint density at radius 3 is 2.76 bits per heavy atom. The standard InChI is InChI=1S/C14H11NOS/c15-8-10-1-3-11(4-2-10)12-7-14(12)9-17-6-5-13(14)16/h1-6,12H,7,9H2/t12-,14+/m0/s1. The largest absolute Gasteiger partial charge is 0.294 e. The summed E-state index contributed by atoms with van der Waals surface area (Å²) in [6.07, 6.45) is 2.66. The molecule has 2 nitrogen and oxygen atoms in total. The summed E-state index contributed by atoms with van der Waals surface area (Å²) < 4.78 is 0.